The van der Waals surface area contributed by atoms with Crippen LogP contribution in [0.2, 0.25) is 0 Å². The van der Waals surface area contributed by atoms with Gasteiger partial charge in [-0.3, -0.25) is 4.79 Å². The summed E-state index contributed by atoms with van der Waals surface area (Å²) < 4.78 is 5.40. The molecule has 0 radical (unpaired) electrons. The van der Waals surface area contributed by atoms with E-state index in [1.165, 1.54) is 0 Å². The fourth-order valence-electron chi connectivity index (χ4n) is 2.34. The number of hydrogen-bond acceptors (Lipinski definition) is 3. The Balaban J connectivity index is 2.26. The SMILES string of the molecule is Cc1cc(C)cc(NC(=O)/C(C#N)=C\c2cc(C)oc2C)c1. The smallest absolute Gasteiger partial charge is 0.266 e. The van der Waals surface area contributed by atoms with Crippen LogP contribution in [0.25, 0.3) is 6.08 Å². The Morgan fingerprint density at radius 1 is 1.14 bits per heavy atom. The first kappa shape index (κ1) is 15.6. The van der Waals surface area contributed by atoms with E-state index in [1.54, 1.807) is 19.1 Å². The second kappa shape index (κ2) is 6.31. The fraction of sp³-hybridized carbons (Fsp3) is 0.222. The third kappa shape index (κ3) is 3.64. The highest BCUT2D eigenvalue weighted by molar-refractivity contribution is 6.09. The van der Waals surface area contributed by atoms with Crippen LogP contribution in [-0.2, 0) is 4.79 Å². The van der Waals surface area contributed by atoms with Crippen LogP contribution in [0.1, 0.15) is 28.2 Å². The van der Waals surface area contributed by atoms with Gasteiger partial charge in [-0.05, 0) is 63.1 Å². The van der Waals surface area contributed by atoms with Crippen LogP contribution in [0.4, 0.5) is 5.69 Å². The molecule has 0 atom stereocenters. The van der Waals surface area contributed by atoms with Crippen molar-refractivity contribution in [3.63, 3.8) is 0 Å². The van der Waals surface area contributed by atoms with Crippen LogP contribution in [0.5, 0.6) is 0 Å². The number of hydrogen-bond donors (Lipinski definition) is 1. The summed E-state index contributed by atoms with van der Waals surface area (Å²) in [5, 5.41) is 12.0. The van der Waals surface area contributed by atoms with Gasteiger partial charge in [0.1, 0.15) is 23.2 Å². The fourth-order valence-corrected chi connectivity index (χ4v) is 2.34. The number of amides is 1. The van der Waals surface area contributed by atoms with Gasteiger partial charge in [0, 0.05) is 11.3 Å². The van der Waals surface area contributed by atoms with Crippen molar-refractivity contribution in [2.45, 2.75) is 27.7 Å². The predicted octanol–water partition coefficient (Wildman–Crippen LogP) is 4.06. The van der Waals surface area contributed by atoms with Crippen LogP contribution in [-0.4, -0.2) is 5.91 Å². The first-order chi connectivity index (χ1) is 10.4. The molecule has 1 N–H and O–H groups in total. The van der Waals surface area contributed by atoms with Crippen molar-refractivity contribution in [3.05, 3.63) is 58.0 Å². The molecule has 4 nitrogen and oxygen atoms in total. The largest absolute Gasteiger partial charge is 0.466 e. The zero-order valence-electron chi connectivity index (χ0n) is 13.2. The van der Waals surface area contributed by atoms with Gasteiger partial charge in [-0.2, -0.15) is 5.26 Å². The van der Waals surface area contributed by atoms with Gasteiger partial charge < -0.3 is 9.73 Å². The second-order valence-electron chi connectivity index (χ2n) is 5.37. The summed E-state index contributed by atoms with van der Waals surface area (Å²) in [6.45, 7) is 7.55. The van der Waals surface area contributed by atoms with Crippen molar-refractivity contribution in [1.82, 2.24) is 0 Å². The molecule has 1 heterocycles. The number of nitrogens with one attached hydrogen (secondary N) is 1. The van der Waals surface area contributed by atoms with Crippen molar-refractivity contribution in [2.75, 3.05) is 5.32 Å². The maximum Gasteiger partial charge on any atom is 0.266 e. The van der Waals surface area contributed by atoms with E-state index < -0.39 is 5.91 Å². The Morgan fingerprint density at radius 2 is 1.77 bits per heavy atom. The summed E-state index contributed by atoms with van der Waals surface area (Å²) in [7, 11) is 0. The molecule has 0 spiro atoms. The second-order valence-corrected chi connectivity index (χ2v) is 5.37. The van der Waals surface area contributed by atoms with E-state index in [-0.39, 0.29) is 5.57 Å². The number of nitrogens with zero attached hydrogens (tertiary/aromatic N) is 1. The Bertz CT molecular complexity index is 772. The van der Waals surface area contributed by atoms with E-state index >= 15 is 0 Å². The molecule has 0 saturated carbocycles. The first-order valence-corrected chi connectivity index (χ1v) is 6.97. The van der Waals surface area contributed by atoms with Crippen LogP contribution < -0.4 is 5.32 Å². The first-order valence-electron chi connectivity index (χ1n) is 6.97. The average molecular weight is 294 g/mol. The van der Waals surface area contributed by atoms with E-state index in [0.717, 1.165) is 22.5 Å². The number of carbonyl (C=O) groups is 1. The number of anilines is 1. The number of aryl methyl sites for hydroxylation is 4. The van der Waals surface area contributed by atoms with Gasteiger partial charge in [0.15, 0.2) is 0 Å². The molecule has 22 heavy (non-hydrogen) atoms. The molecule has 0 aliphatic carbocycles. The lowest BCUT2D eigenvalue weighted by Crippen LogP contribution is -2.13. The van der Waals surface area contributed by atoms with Gasteiger partial charge >= 0.3 is 0 Å². The number of furan rings is 1. The van der Waals surface area contributed by atoms with E-state index in [2.05, 4.69) is 5.32 Å². The van der Waals surface area contributed by atoms with Crippen LogP contribution in [0, 0.1) is 39.0 Å². The van der Waals surface area contributed by atoms with Crippen molar-refractivity contribution >= 4 is 17.7 Å². The summed E-state index contributed by atoms with van der Waals surface area (Å²) in [5.41, 5.74) is 3.58. The van der Waals surface area contributed by atoms with Crippen molar-refractivity contribution in [3.8, 4) is 6.07 Å². The van der Waals surface area contributed by atoms with E-state index in [9.17, 15) is 10.1 Å². The summed E-state index contributed by atoms with van der Waals surface area (Å²) in [6.07, 6.45) is 1.55. The van der Waals surface area contributed by atoms with Gasteiger partial charge in [0.2, 0.25) is 0 Å². The molecule has 0 bridgehead atoms. The van der Waals surface area contributed by atoms with Crippen LogP contribution >= 0.6 is 0 Å². The van der Waals surface area contributed by atoms with E-state index in [1.807, 2.05) is 45.0 Å². The molecule has 2 rings (SSSR count). The molecule has 1 aromatic heterocycles. The topological polar surface area (TPSA) is 66.0 Å². The van der Waals surface area contributed by atoms with Crippen molar-refractivity contribution in [1.29, 1.82) is 5.26 Å². The van der Waals surface area contributed by atoms with Crippen molar-refractivity contribution in [2.24, 2.45) is 0 Å². The maximum atomic E-state index is 12.3. The summed E-state index contributed by atoms with van der Waals surface area (Å²) in [4.78, 5) is 12.3. The molecule has 0 saturated heterocycles. The minimum absolute atomic E-state index is 0.0445. The molecule has 1 aromatic carbocycles. The summed E-state index contributed by atoms with van der Waals surface area (Å²) in [6, 6.07) is 9.50. The lowest BCUT2D eigenvalue weighted by Gasteiger charge is -2.06. The van der Waals surface area contributed by atoms with E-state index in [0.29, 0.717) is 11.4 Å². The lowest BCUT2D eigenvalue weighted by molar-refractivity contribution is -0.112. The third-order valence-corrected chi connectivity index (χ3v) is 3.22. The Morgan fingerprint density at radius 3 is 2.27 bits per heavy atom. The molecule has 0 aliphatic heterocycles. The molecule has 0 aliphatic rings. The lowest BCUT2D eigenvalue weighted by atomic mass is 10.1. The Labute approximate surface area is 130 Å². The zero-order valence-corrected chi connectivity index (χ0v) is 13.2. The van der Waals surface area contributed by atoms with Gasteiger partial charge in [-0.25, -0.2) is 0 Å². The molecule has 0 unspecified atom stereocenters. The predicted molar refractivity (Wildman–Crippen MR) is 86.3 cm³/mol. The highest BCUT2D eigenvalue weighted by Crippen LogP contribution is 2.19. The number of nitriles is 1. The Kier molecular flexibility index (Phi) is 4.47. The van der Waals surface area contributed by atoms with Crippen LogP contribution in [0.3, 0.4) is 0 Å². The molecule has 112 valence electrons. The van der Waals surface area contributed by atoms with Gasteiger partial charge in [0.05, 0.1) is 0 Å². The standard InChI is InChI=1S/C18H18N2O2/c1-11-5-12(2)7-17(6-11)20-18(21)16(10-19)9-15-8-13(3)22-14(15)4/h5-9H,1-4H3,(H,20,21)/b16-9-. The average Bonchev–Trinajstić information content (AvgIpc) is 2.72. The van der Waals surface area contributed by atoms with E-state index in [4.69, 9.17) is 4.42 Å². The van der Waals surface area contributed by atoms with Crippen LogP contribution in [0.15, 0.2) is 34.3 Å². The molecule has 0 fully saturated rings. The minimum atomic E-state index is -0.425. The quantitative estimate of drug-likeness (QED) is 0.685. The molecule has 4 heteroatoms. The molecular formula is C18H18N2O2. The molecule has 2 aromatic rings. The van der Waals surface area contributed by atoms with Crippen molar-refractivity contribution < 1.29 is 9.21 Å². The molecular weight excluding hydrogens is 276 g/mol. The summed E-state index contributed by atoms with van der Waals surface area (Å²) >= 11 is 0. The number of rotatable bonds is 3. The normalized spacial score (nSPS) is 11.1. The Hall–Kier alpha value is -2.80. The highest BCUT2D eigenvalue weighted by Gasteiger charge is 2.12. The number of benzene rings is 1. The van der Waals surface area contributed by atoms with Gasteiger partial charge in [0.25, 0.3) is 5.91 Å². The minimum Gasteiger partial charge on any atom is -0.466 e. The maximum absolute atomic E-state index is 12.3. The monoisotopic (exact) mass is 294 g/mol. The van der Waals surface area contributed by atoms with Gasteiger partial charge in [-0.1, -0.05) is 6.07 Å². The number of carbonyl (C=O) groups excluding carboxylic acids is 1. The highest BCUT2D eigenvalue weighted by atomic mass is 16.3. The summed E-state index contributed by atoms with van der Waals surface area (Å²) in [5.74, 6) is 1.01. The third-order valence-electron chi connectivity index (χ3n) is 3.22. The van der Waals surface area contributed by atoms with Gasteiger partial charge in [-0.15, -0.1) is 0 Å². The molecule has 1 amide bonds. The zero-order chi connectivity index (χ0) is 16.3.